The molecular weight excluding hydrogens is 446 g/mol. The second kappa shape index (κ2) is 7.92. The van der Waals surface area contributed by atoms with Crippen LogP contribution in [0.15, 0.2) is 39.7 Å². The van der Waals surface area contributed by atoms with Crippen LogP contribution in [0.25, 0.3) is 0 Å². The minimum Gasteiger partial charge on any atom is -0.486 e. The SMILES string of the molecule is CSc1cc2c(cc1NC(=O)NC1Cc3ccc(Br)cc3NC1=O)OCCO2. The summed E-state index contributed by atoms with van der Waals surface area (Å²) in [7, 11) is 0. The Morgan fingerprint density at radius 1 is 1.21 bits per heavy atom. The van der Waals surface area contributed by atoms with Gasteiger partial charge in [0.1, 0.15) is 19.3 Å². The van der Waals surface area contributed by atoms with Gasteiger partial charge in [-0.25, -0.2) is 4.79 Å². The van der Waals surface area contributed by atoms with Gasteiger partial charge >= 0.3 is 6.03 Å². The van der Waals surface area contributed by atoms with Gasteiger partial charge in [0.25, 0.3) is 0 Å². The molecule has 2 aromatic carbocycles. The average molecular weight is 464 g/mol. The van der Waals surface area contributed by atoms with Crippen LogP contribution in [0.4, 0.5) is 16.2 Å². The number of hydrogen-bond donors (Lipinski definition) is 3. The molecule has 1 atom stereocenters. The number of nitrogens with one attached hydrogen (secondary N) is 3. The summed E-state index contributed by atoms with van der Waals surface area (Å²) in [4.78, 5) is 25.7. The van der Waals surface area contributed by atoms with Crippen molar-refractivity contribution in [2.24, 2.45) is 0 Å². The van der Waals surface area contributed by atoms with Crippen LogP contribution < -0.4 is 25.4 Å². The lowest BCUT2D eigenvalue weighted by molar-refractivity contribution is -0.118. The monoisotopic (exact) mass is 463 g/mol. The van der Waals surface area contributed by atoms with Gasteiger partial charge in [0.05, 0.1) is 5.69 Å². The number of thioether (sulfide) groups is 1. The van der Waals surface area contributed by atoms with Crippen molar-refractivity contribution in [1.82, 2.24) is 5.32 Å². The lowest BCUT2D eigenvalue weighted by Crippen LogP contribution is -2.49. The number of benzene rings is 2. The van der Waals surface area contributed by atoms with Gasteiger partial charge in [-0.3, -0.25) is 4.79 Å². The molecule has 0 saturated carbocycles. The maximum absolute atomic E-state index is 12.5. The van der Waals surface area contributed by atoms with E-state index in [4.69, 9.17) is 9.47 Å². The van der Waals surface area contributed by atoms with Crippen LogP contribution in [-0.4, -0.2) is 37.4 Å². The number of hydrogen-bond acceptors (Lipinski definition) is 5. The van der Waals surface area contributed by atoms with E-state index in [1.807, 2.05) is 30.5 Å². The number of halogens is 1. The Balaban J connectivity index is 1.47. The molecule has 28 heavy (non-hydrogen) atoms. The molecule has 2 heterocycles. The van der Waals surface area contributed by atoms with Crippen molar-refractivity contribution < 1.29 is 19.1 Å². The number of urea groups is 1. The molecule has 0 saturated heterocycles. The summed E-state index contributed by atoms with van der Waals surface area (Å²) >= 11 is 4.88. The van der Waals surface area contributed by atoms with E-state index in [-0.39, 0.29) is 5.91 Å². The van der Waals surface area contributed by atoms with Gasteiger partial charge in [-0.1, -0.05) is 22.0 Å². The van der Waals surface area contributed by atoms with E-state index < -0.39 is 12.1 Å². The quantitative estimate of drug-likeness (QED) is 0.604. The second-order valence-corrected chi connectivity index (χ2v) is 8.11. The minimum absolute atomic E-state index is 0.243. The second-order valence-electron chi connectivity index (χ2n) is 6.34. The molecule has 2 aliphatic rings. The minimum atomic E-state index is -0.649. The molecule has 7 nitrogen and oxygen atoms in total. The molecule has 0 aromatic heterocycles. The zero-order valence-corrected chi connectivity index (χ0v) is 17.4. The van der Waals surface area contributed by atoms with Gasteiger partial charge in [0.15, 0.2) is 11.5 Å². The topological polar surface area (TPSA) is 88.7 Å². The van der Waals surface area contributed by atoms with Crippen LogP contribution in [-0.2, 0) is 11.2 Å². The molecule has 0 fully saturated rings. The number of amides is 3. The van der Waals surface area contributed by atoms with Crippen LogP contribution in [0.5, 0.6) is 11.5 Å². The number of ether oxygens (including phenoxy) is 2. The first-order chi connectivity index (χ1) is 13.5. The van der Waals surface area contributed by atoms with E-state index in [1.165, 1.54) is 11.8 Å². The number of fused-ring (bicyclic) bond motifs is 2. The Hall–Kier alpha value is -2.39. The van der Waals surface area contributed by atoms with Crippen LogP contribution >= 0.6 is 27.7 Å². The van der Waals surface area contributed by atoms with Gasteiger partial charge < -0.3 is 25.4 Å². The van der Waals surface area contributed by atoms with Crippen molar-refractivity contribution >= 4 is 51.0 Å². The van der Waals surface area contributed by atoms with Crippen LogP contribution in [0.2, 0.25) is 0 Å². The molecule has 0 bridgehead atoms. The molecule has 0 radical (unpaired) electrons. The zero-order valence-electron chi connectivity index (χ0n) is 15.0. The summed E-state index contributed by atoms with van der Waals surface area (Å²) in [5.41, 5.74) is 2.33. The van der Waals surface area contributed by atoms with Gasteiger partial charge in [-0.05, 0) is 30.0 Å². The number of carbonyl (C=O) groups excluding carboxylic acids is 2. The molecule has 9 heteroatoms. The van der Waals surface area contributed by atoms with Crippen LogP contribution in [0.1, 0.15) is 5.56 Å². The van der Waals surface area contributed by atoms with E-state index in [0.29, 0.717) is 36.8 Å². The first-order valence-electron chi connectivity index (χ1n) is 8.68. The Morgan fingerprint density at radius 2 is 1.96 bits per heavy atom. The van der Waals surface area contributed by atoms with Crippen LogP contribution in [0, 0.1) is 0 Å². The van der Waals surface area contributed by atoms with Gasteiger partial charge in [0.2, 0.25) is 5.91 Å². The average Bonchev–Trinajstić information content (AvgIpc) is 2.68. The summed E-state index contributed by atoms with van der Waals surface area (Å²) in [5, 5.41) is 8.40. The van der Waals surface area contributed by atoms with E-state index in [2.05, 4.69) is 31.9 Å². The molecular formula is C19H18BrN3O4S. The number of rotatable bonds is 3. The van der Waals surface area contributed by atoms with E-state index in [1.54, 1.807) is 6.07 Å². The highest BCUT2D eigenvalue weighted by Gasteiger charge is 2.28. The van der Waals surface area contributed by atoms with Crippen molar-refractivity contribution in [3.63, 3.8) is 0 Å². The van der Waals surface area contributed by atoms with Crippen molar-refractivity contribution in [3.8, 4) is 11.5 Å². The molecule has 4 rings (SSSR count). The number of anilines is 2. The fourth-order valence-electron chi connectivity index (χ4n) is 3.15. The van der Waals surface area contributed by atoms with Gasteiger partial charge in [-0.15, -0.1) is 11.8 Å². The molecule has 1 unspecified atom stereocenters. The molecule has 2 aromatic rings. The zero-order chi connectivity index (χ0) is 19.7. The van der Waals surface area contributed by atoms with Crippen molar-refractivity contribution in [2.75, 3.05) is 30.1 Å². The Bertz CT molecular complexity index is 953. The molecule has 3 N–H and O–H groups in total. The predicted molar refractivity (Wildman–Crippen MR) is 112 cm³/mol. The van der Waals surface area contributed by atoms with Crippen molar-refractivity contribution in [3.05, 3.63) is 40.4 Å². The highest BCUT2D eigenvalue weighted by Crippen LogP contribution is 2.39. The standard InChI is InChI=1S/C19H18BrN3O4S/c1-28-17-9-16-15(26-4-5-27-16)8-13(17)22-19(25)23-14-6-10-2-3-11(20)7-12(10)21-18(14)24/h2-3,7-9,14H,4-6H2,1H3,(H,21,24)(H2,22,23,25). The Labute approximate surface area is 174 Å². The van der Waals surface area contributed by atoms with Crippen LogP contribution in [0.3, 0.4) is 0 Å². The van der Waals surface area contributed by atoms with E-state index >= 15 is 0 Å². The molecule has 3 amide bonds. The fraction of sp³-hybridized carbons (Fsp3) is 0.263. The summed E-state index contributed by atoms with van der Waals surface area (Å²) in [6.07, 6.45) is 2.34. The fourth-order valence-corrected chi connectivity index (χ4v) is 4.06. The maximum atomic E-state index is 12.5. The lowest BCUT2D eigenvalue weighted by atomic mass is 9.99. The Morgan fingerprint density at radius 3 is 2.71 bits per heavy atom. The third-order valence-corrected chi connectivity index (χ3v) is 5.76. The first-order valence-corrected chi connectivity index (χ1v) is 10.7. The third-order valence-electron chi connectivity index (χ3n) is 4.49. The summed E-state index contributed by atoms with van der Waals surface area (Å²) in [6, 6.07) is 8.18. The molecule has 146 valence electrons. The largest absolute Gasteiger partial charge is 0.486 e. The lowest BCUT2D eigenvalue weighted by Gasteiger charge is -2.26. The summed E-state index contributed by atoms with van der Waals surface area (Å²) < 4.78 is 12.1. The van der Waals surface area contributed by atoms with E-state index in [9.17, 15) is 9.59 Å². The molecule has 0 spiro atoms. The van der Waals surface area contributed by atoms with Crippen molar-refractivity contribution in [2.45, 2.75) is 17.4 Å². The highest BCUT2D eigenvalue weighted by atomic mass is 79.9. The molecule has 0 aliphatic carbocycles. The highest BCUT2D eigenvalue weighted by molar-refractivity contribution is 9.10. The normalized spacial score (nSPS) is 17.4. The third kappa shape index (κ3) is 3.90. The predicted octanol–water partition coefficient (Wildman–Crippen LogP) is 3.63. The number of carbonyl (C=O) groups is 2. The first kappa shape index (κ1) is 18.9. The summed E-state index contributed by atoms with van der Waals surface area (Å²) in [6.45, 7) is 0.970. The Kier molecular flexibility index (Phi) is 5.36. The smallest absolute Gasteiger partial charge is 0.319 e. The van der Waals surface area contributed by atoms with E-state index in [0.717, 1.165) is 20.6 Å². The maximum Gasteiger partial charge on any atom is 0.319 e. The van der Waals surface area contributed by atoms with Crippen molar-refractivity contribution in [1.29, 1.82) is 0 Å². The van der Waals surface area contributed by atoms with Gasteiger partial charge in [0, 0.05) is 27.5 Å². The molecule has 2 aliphatic heterocycles. The summed E-state index contributed by atoms with van der Waals surface area (Å²) in [5.74, 6) is 1.01. The van der Waals surface area contributed by atoms with Gasteiger partial charge in [-0.2, -0.15) is 0 Å².